The molecule has 3 N–H and O–H groups in total. The molecule has 8 heteroatoms. The lowest BCUT2D eigenvalue weighted by molar-refractivity contribution is -0.122. The third-order valence-electron chi connectivity index (χ3n) is 5.63. The molecule has 1 aromatic rings. The van der Waals surface area contributed by atoms with Crippen molar-refractivity contribution < 1.29 is 18.4 Å². The molecule has 0 saturated carbocycles. The molecule has 2 amide bonds. The molecule has 28 heavy (non-hydrogen) atoms. The monoisotopic (exact) mass is 394 g/mol. The summed E-state index contributed by atoms with van der Waals surface area (Å²) >= 11 is 0. The molecule has 1 unspecified atom stereocenters. The summed E-state index contributed by atoms with van der Waals surface area (Å²) < 4.78 is 24.9. The van der Waals surface area contributed by atoms with Gasteiger partial charge in [-0.2, -0.15) is 0 Å². The predicted octanol–water partition coefficient (Wildman–Crippen LogP) is 2.05. The van der Waals surface area contributed by atoms with Gasteiger partial charge in [-0.3, -0.25) is 19.4 Å². The number of rotatable bonds is 7. The van der Waals surface area contributed by atoms with E-state index in [-0.39, 0.29) is 30.3 Å². The maximum Gasteiger partial charge on any atom is 0.251 e. The number of nitrogens with zero attached hydrogens (tertiary/aromatic N) is 2. The molecule has 2 aliphatic heterocycles. The lowest BCUT2D eigenvalue weighted by atomic mass is 9.96. The van der Waals surface area contributed by atoms with E-state index in [1.807, 2.05) is 24.3 Å². The van der Waals surface area contributed by atoms with Crippen molar-refractivity contribution in [3.63, 3.8) is 0 Å². The number of anilines is 1. The molecule has 6 nitrogen and oxygen atoms in total. The Hall–Kier alpha value is -2.06. The number of nitrogens with two attached hydrogens (primary N) is 1. The number of hydrogen-bond acceptors (Lipinski definition) is 4. The Morgan fingerprint density at radius 3 is 2.61 bits per heavy atom. The van der Waals surface area contributed by atoms with E-state index in [2.05, 4.69) is 10.2 Å². The van der Waals surface area contributed by atoms with E-state index in [1.165, 1.54) is 0 Å². The van der Waals surface area contributed by atoms with E-state index in [9.17, 15) is 18.4 Å². The Morgan fingerprint density at radius 2 is 1.93 bits per heavy atom. The number of amides is 2. The van der Waals surface area contributed by atoms with Crippen molar-refractivity contribution in [3.05, 3.63) is 29.8 Å². The lowest BCUT2D eigenvalue weighted by Gasteiger charge is -2.30. The molecule has 0 aliphatic carbocycles. The Morgan fingerprint density at radius 1 is 1.18 bits per heavy atom. The average molecular weight is 394 g/mol. The normalized spacial score (nSPS) is 21.9. The van der Waals surface area contributed by atoms with Crippen LogP contribution < -0.4 is 11.1 Å². The van der Waals surface area contributed by atoms with Crippen LogP contribution in [0.1, 0.15) is 31.2 Å². The fourth-order valence-electron chi connectivity index (χ4n) is 4.14. The van der Waals surface area contributed by atoms with E-state index in [4.69, 9.17) is 5.73 Å². The molecule has 1 atom stereocenters. The van der Waals surface area contributed by atoms with Crippen LogP contribution in [0.15, 0.2) is 24.3 Å². The van der Waals surface area contributed by atoms with Gasteiger partial charge in [-0.25, -0.2) is 8.78 Å². The Balaban J connectivity index is 1.53. The molecular formula is C20H28F2N4O2. The zero-order chi connectivity index (χ0) is 20.1. The molecular weight excluding hydrogens is 366 g/mol. The van der Waals surface area contributed by atoms with Crippen LogP contribution in [0.25, 0.3) is 0 Å². The zero-order valence-corrected chi connectivity index (χ0v) is 15.9. The molecule has 0 radical (unpaired) electrons. The van der Waals surface area contributed by atoms with Crippen LogP contribution in [0, 0.1) is 5.92 Å². The van der Waals surface area contributed by atoms with Crippen molar-refractivity contribution in [1.29, 1.82) is 0 Å². The first-order valence-electron chi connectivity index (χ1n) is 9.86. The standard InChI is InChI=1S/C20H28F2N4O2/c21-18(22)13-25-9-6-15(7-10-25)20(28)24-16-4-1-3-14(11-16)12-26-8-2-5-17(26)19(23)27/h1,3-4,11,15,17-18H,2,5-10,12-13H2,(H2,23,27)(H,24,28). The fraction of sp³-hybridized carbons (Fsp3) is 0.600. The highest BCUT2D eigenvalue weighted by atomic mass is 19.3. The molecule has 3 rings (SSSR count). The summed E-state index contributed by atoms with van der Waals surface area (Å²) in [6.07, 6.45) is 0.584. The van der Waals surface area contributed by atoms with Gasteiger partial charge in [0, 0.05) is 18.2 Å². The lowest BCUT2D eigenvalue weighted by Crippen LogP contribution is -2.40. The van der Waals surface area contributed by atoms with Crippen molar-refractivity contribution in [2.75, 3.05) is 31.5 Å². The fourth-order valence-corrected chi connectivity index (χ4v) is 4.14. The summed E-state index contributed by atoms with van der Waals surface area (Å²) in [5.41, 5.74) is 7.20. The second kappa shape index (κ2) is 9.43. The van der Waals surface area contributed by atoms with Gasteiger partial charge in [0.25, 0.3) is 6.43 Å². The van der Waals surface area contributed by atoms with E-state index in [1.54, 1.807) is 4.90 Å². The molecule has 154 valence electrons. The zero-order valence-electron chi connectivity index (χ0n) is 15.9. The number of alkyl halides is 2. The second-order valence-electron chi connectivity index (χ2n) is 7.69. The number of hydrogen-bond donors (Lipinski definition) is 2. The number of carbonyl (C=O) groups excluding carboxylic acids is 2. The Labute approximate surface area is 164 Å². The highest BCUT2D eigenvalue weighted by Crippen LogP contribution is 2.23. The summed E-state index contributed by atoms with van der Waals surface area (Å²) in [5, 5.41) is 2.95. The van der Waals surface area contributed by atoms with Crippen LogP contribution in [0.4, 0.5) is 14.5 Å². The summed E-state index contributed by atoms with van der Waals surface area (Å²) in [5.74, 6) is -0.513. The minimum atomic E-state index is -2.34. The number of nitrogens with one attached hydrogen (secondary N) is 1. The molecule has 2 fully saturated rings. The average Bonchev–Trinajstić information content (AvgIpc) is 3.10. The van der Waals surface area contributed by atoms with Crippen molar-refractivity contribution in [1.82, 2.24) is 9.80 Å². The van der Waals surface area contributed by atoms with Gasteiger partial charge in [0.2, 0.25) is 11.8 Å². The number of piperidine rings is 1. The SMILES string of the molecule is NC(=O)C1CCCN1Cc1cccc(NC(=O)C2CCN(CC(F)F)CC2)c1. The molecule has 2 heterocycles. The smallest absolute Gasteiger partial charge is 0.251 e. The van der Waals surface area contributed by atoms with Gasteiger partial charge in [0.05, 0.1) is 12.6 Å². The molecule has 0 spiro atoms. The first-order valence-corrected chi connectivity index (χ1v) is 9.86. The maximum absolute atomic E-state index is 12.5. The minimum absolute atomic E-state index is 0.0648. The largest absolute Gasteiger partial charge is 0.368 e. The van der Waals surface area contributed by atoms with Gasteiger partial charge in [0.15, 0.2) is 0 Å². The van der Waals surface area contributed by atoms with E-state index >= 15 is 0 Å². The summed E-state index contributed by atoms with van der Waals surface area (Å²) in [7, 11) is 0. The molecule has 2 aliphatic rings. The van der Waals surface area contributed by atoms with Crippen LogP contribution in [-0.2, 0) is 16.1 Å². The van der Waals surface area contributed by atoms with Crippen LogP contribution in [0.5, 0.6) is 0 Å². The van der Waals surface area contributed by atoms with Crippen molar-refractivity contribution in [3.8, 4) is 0 Å². The third kappa shape index (κ3) is 5.48. The molecule has 0 bridgehead atoms. The first kappa shape index (κ1) is 20.7. The van der Waals surface area contributed by atoms with E-state index in [0.717, 1.165) is 24.9 Å². The van der Waals surface area contributed by atoms with E-state index in [0.29, 0.717) is 38.2 Å². The van der Waals surface area contributed by atoms with Crippen LogP contribution in [-0.4, -0.2) is 60.3 Å². The number of carbonyl (C=O) groups is 2. The number of likely N-dealkylation sites (tertiary alicyclic amines) is 2. The quantitative estimate of drug-likeness (QED) is 0.742. The van der Waals surface area contributed by atoms with Gasteiger partial charge >= 0.3 is 0 Å². The van der Waals surface area contributed by atoms with Gasteiger partial charge in [-0.1, -0.05) is 12.1 Å². The molecule has 2 saturated heterocycles. The summed E-state index contributed by atoms with van der Waals surface area (Å²) in [6.45, 7) is 2.27. The minimum Gasteiger partial charge on any atom is -0.368 e. The van der Waals surface area contributed by atoms with Crippen LogP contribution in [0.3, 0.4) is 0 Å². The third-order valence-corrected chi connectivity index (χ3v) is 5.63. The van der Waals surface area contributed by atoms with E-state index < -0.39 is 6.43 Å². The molecule has 0 aromatic heterocycles. The van der Waals surface area contributed by atoms with Crippen molar-refractivity contribution in [2.24, 2.45) is 11.7 Å². The van der Waals surface area contributed by atoms with Crippen LogP contribution in [0.2, 0.25) is 0 Å². The Bertz CT molecular complexity index is 693. The highest BCUT2D eigenvalue weighted by molar-refractivity contribution is 5.92. The summed E-state index contributed by atoms with van der Waals surface area (Å²) in [4.78, 5) is 27.9. The topological polar surface area (TPSA) is 78.7 Å². The van der Waals surface area contributed by atoms with Gasteiger partial charge < -0.3 is 11.1 Å². The second-order valence-corrected chi connectivity index (χ2v) is 7.69. The number of primary amides is 1. The first-order chi connectivity index (χ1) is 13.4. The highest BCUT2D eigenvalue weighted by Gasteiger charge is 2.29. The summed E-state index contributed by atoms with van der Waals surface area (Å²) in [6, 6.07) is 7.38. The predicted molar refractivity (Wildman–Crippen MR) is 103 cm³/mol. The van der Waals surface area contributed by atoms with Crippen LogP contribution >= 0.6 is 0 Å². The van der Waals surface area contributed by atoms with Gasteiger partial charge in [0.1, 0.15) is 0 Å². The number of benzene rings is 1. The van der Waals surface area contributed by atoms with Crippen molar-refractivity contribution in [2.45, 2.75) is 44.7 Å². The Kier molecular flexibility index (Phi) is 6.96. The number of halogens is 2. The van der Waals surface area contributed by atoms with Crippen molar-refractivity contribution >= 4 is 17.5 Å². The molecule has 1 aromatic carbocycles. The van der Waals surface area contributed by atoms with Gasteiger partial charge in [-0.05, 0) is 63.0 Å². The maximum atomic E-state index is 12.5. The van der Waals surface area contributed by atoms with Gasteiger partial charge in [-0.15, -0.1) is 0 Å².